The SMILES string of the molecule is C=CCc1cc(C(=O)N(Cc2ccccc2F)C2CC2)cc(OC)c1OC. The first kappa shape index (κ1) is 19.0. The summed E-state index contributed by atoms with van der Waals surface area (Å²) in [6.45, 7) is 4.02. The van der Waals surface area contributed by atoms with Crippen molar-refractivity contribution >= 4 is 5.91 Å². The lowest BCUT2D eigenvalue weighted by Gasteiger charge is -2.24. The molecule has 4 nitrogen and oxygen atoms in total. The predicted molar refractivity (Wildman–Crippen MR) is 103 cm³/mol. The van der Waals surface area contributed by atoms with Gasteiger partial charge in [-0.15, -0.1) is 6.58 Å². The lowest BCUT2D eigenvalue weighted by Crippen LogP contribution is -2.33. The molecule has 2 aromatic rings. The lowest BCUT2D eigenvalue weighted by molar-refractivity contribution is 0.0727. The van der Waals surface area contributed by atoms with Crippen LogP contribution in [-0.2, 0) is 13.0 Å². The molecular formula is C22H24FNO3. The summed E-state index contributed by atoms with van der Waals surface area (Å²) in [5.41, 5.74) is 1.86. The average Bonchev–Trinajstić information content (AvgIpc) is 3.51. The van der Waals surface area contributed by atoms with Crippen LogP contribution >= 0.6 is 0 Å². The molecule has 5 heteroatoms. The number of methoxy groups -OCH3 is 2. The van der Waals surface area contributed by atoms with E-state index in [0.717, 1.165) is 18.4 Å². The number of halogens is 1. The van der Waals surface area contributed by atoms with Crippen LogP contribution in [-0.4, -0.2) is 31.1 Å². The number of hydrogen-bond donors (Lipinski definition) is 0. The van der Waals surface area contributed by atoms with Crippen LogP contribution in [0, 0.1) is 5.82 Å². The fourth-order valence-electron chi connectivity index (χ4n) is 3.20. The number of nitrogens with zero attached hydrogens (tertiary/aromatic N) is 1. The Morgan fingerprint density at radius 3 is 2.56 bits per heavy atom. The van der Waals surface area contributed by atoms with Crippen molar-refractivity contribution in [2.75, 3.05) is 14.2 Å². The summed E-state index contributed by atoms with van der Waals surface area (Å²) in [4.78, 5) is 15.0. The van der Waals surface area contributed by atoms with Gasteiger partial charge in [-0.3, -0.25) is 4.79 Å². The van der Waals surface area contributed by atoms with E-state index in [-0.39, 0.29) is 24.3 Å². The predicted octanol–water partition coefficient (Wildman–Crippen LogP) is 4.38. The van der Waals surface area contributed by atoms with E-state index in [4.69, 9.17) is 9.47 Å². The fraction of sp³-hybridized carbons (Fsp3) is 0.318. The molecular weight excluding hydrogens is 345 g/mol. The van der Waals surface area contributed by atoms with E-state index in [9.17, 15) is 9.18 Å². The second-order valence-electron chi connectivity index (χ2n) is 6.62. The van der Waals surface area contributed by atoms with Crippen molar-refractivity contribution < 1.29 is 18.7 Å². The molecule has 27 heavy (non-hydrogen) atoms. The minimum absolute atomic E-state index is 0.132. The van der Waals surface area contributed by atoms with Crippen LogP contribution in [0.25, 0.3) is 0 Å². The number of amides is 1. The Bertz CT molecular complexity index is 845. The zero-order valence-electron chi connectivity index (χ0n) is 15.7. The third kappa shape index (κ3) is 4.13. The molecule has 0 saturated heterocycles. The van der Waals surface area contributed by atoms with E-state index in [1.807, 2.05) is 6.07 Å². The Morgan fingerprint density at radius 2 is 1.96 bits per heavy atom. The van der Waals surface area contributed by atoms with E-state index in [1.165, 1.54) is 6.07 Å². The van der Waals surface area contributed by atoms with Gasteiger partial charge in [0.2, 0.25) is 0 Å². The first-order valence-electron chi connectivity index (χ1n) is 8.99. The van der Waals surface area contributed by atoms with Crippen molar-refractivity contribution in [1.82, 2.24) is 4.90 Å². The van der Waals surface area contributed by atoms with Gasteiger partial charge in [-0.1, -0.05) is 24.3 Å². The zero-order valence-corrected chi connectivity index (χ0v) is 15.7. The smallest absolute Gasteiger partial charge is 0.254 e. The highest BCUT2D eigenvalue weighted by molar-refractivity contribution is 5.95. The van der Waals surface area contributed by atoms with Crippen molar-refractivity contribution in [3.05, 3.63) is 71.6 Å². The summed E-state index contributed by atoms with van der Waals surface area (Å²) < 4.78 is 25.0. The van der Waals surface area contributed by atoms with Gasteiger partial charge in [-0.25, -0.2) is 4.39 Å². The molecule has 142 valence electrons. The zero-order chi connectivity index (χ0) is 19.4. The largest absolute Gasteiger partial charge is 0.493 e. The Balaban J connectivity index is 1.95. The van der Waals surface area contributed by atoms with E-state index >= 15 is 0 Å². The minimum atomic E-state index is -0.296. The molecule has 0 atom stereocenters. The van der Waals surface area contributed by atoms with Gasteiger partial charge < -0.3 is 14.4 Å². The Kier molecular flexibility index (Phi) is 5.79. The van der Waals surface area contributed by atoms with Crippen LogP contribution < -0.4 is 9.47 Å². The van der Waals surface area contributed by atoms with Crippen LogP contribution in [0.2, 0.25) is 0 Å². The molecule has 0 radical (unpaired) electrons. The van der Waals surface area contributed by atoms with E-state index in [0.29, 0.717) is 29.0 Å². The number of ether oxygens (including phenoxy) is 2. The summed E-state index contributed by atoms with van der Waals surface area (Å²) in [6, 6.07) is 10.2. The molecule has 0 N–H and O–H groups in total. The van der Waals surface area contributed by atoms with Gasteiger partial charge >= 0.3 is 0 Å². The van der Waals surface area contributed by atoms with E-state index < -0.39 is 0 Å². The maximum Gasteiger partial charge on any atom is 0.254 e. The highest BCUT2D eigenvalue weighted by Crippen LogP contribution is 2.35. The van der Waals surface area contributed by atoms with E-state index in [1.54, 1.807) is 49.5 Å². The first-order chi connectivity index (χ1) is 13.1. The van der Waals surface area contributed by atoms with Crippen molar-refractivity contribution in [1.29, 1.82) is 0 Å². The van der Waals surface area contributed by atoms with Crippen LogP contribution in [0.4, 0.5) is 4.39 Å². The van der Waals surface area contributed by atoms with Gasteiger partial charge in [0.15, 0.2) is 11.5 Å². The molecule has 2 aromatic carbocycles. The highest BCUT2D eigenvalue weighted by atomic mass is 19.1. The summed E-state index contributed by atoms with van der Waals surface area (Å²) >= 11 is 0. The fourth-order valence-corrected chi connectivity index (χ4v) is 3.20. The number of carbonyl (C=O) groups excluding carboxylic acids is 1. The molecule has 1 amide bonds. The topological polar surface area (TPSA) is 38.8 Å². The molecule has 1 aliphatic carbocycles. The molecule has 0 aromatic heterocycles. The van der Waals surface area contributed by atoms with Crippen molar-refractivity contribution in [2.24, 2.45) is 0 Å². The number of rotatable bonds is 8. The average molecular weight is 369 g/mol. The van der Waals surface area contributed by atoms with E-state index in [2.05, 4.69) is 6.58 Å². The summed E-state index contributed by atoms with van der Waals surface area (Å²) in [5, 5.41) is 0. The lowest BCUT2D eigenvalue weighted by atomic mass is 10.0. The summed E-state index contributed by atoms with van der Waals surface area (Å²) in [7, 11) is 3.11. The number of hydrogen-bond acceptors (Lipinski definition) is 3. The van der Waals surface area contributed by atoms with Gasteiger partial charge in [-0.2, -0.15) is 0 Å². The maximum atomic E-state index is 14.1. The highest BCUT2D eigenvalue weighted by Gasteiger charge is 2.34. The molecule has 1 fully saturated rings. The van der Waals surface area contributed by atoms with Crippen molar-refractivity contribution in [3.8, 4) is 11.5 Å². The van der Waals surface area contributed by atoms with Crippen LogP contribution in [0.15, 0.2) is 49.1 Å². The summed E-state index contributed by atoms with van der Waals surface area (Å²) in [6.07, 6.45) is 4.18. The van der Waals surface area contributed by atoms with Crippen LogP contribution in [0.3, 0.4) is 0 Å². The maximum absolute atomic E-state index is 14.1. The monoisotopic (exact) mass is 369 g/mol. The molecule has 0 heterocycles. The first-order valence-corrected chi connectivity index (χ1v) is 8.99. The van der Waals surface area contributed by atoms with Crippen molar-refractivity contribution in [3.63, 3.8) is 0 Å². The quantitative estimate of drug-likeness (QED) is 0.649. The van der Waals surface area contributed by atoms with Gasteiger partial charge in [0.1, 0.15) is 5.82 Å². The Hall–Kier alpha value is -2.82. The second-order valence-corrected chi connectivity index (χ2v) is 6.62. The summed E-state index contributed by atoms with van der Waals surface area (Å²) in [5.74, 6) is 0.672. The van der Waals surface area contributed by atoms with Crippen LogP contribution in [0.5, 0.6) is 11.5 Å². The number of benzene rings is 2. The molecule has 3 rings (SSSR count). The number of carbonyl (C=O) groups is 1. The van der Waals surface area contributed by atoms with Gasteiger partial charge in [0.05, 0.1) is 14.2 Å². The molecule has 0 spiro atoms. The van der Waals surface area contributed by atoms with Gasteiger partial charge in [0, 0.05) is 29.3 Å². The normalized spacial score (nSPS) is 13.1. The van der Waals surface area contributed by atoms with Gasteiger partial charge in [-0.05, 0) is 37.5 Å². The molecule has 0 aliphatic heterocycles. The molecule has 0 bridgehead atoms. The minimum Gasteiger partial charge on any atom is -0.493 e. The standard InChI is InChI=1S/C22H24FNO3/c1-4-7-15-12-17(13-20(26-2)21(15)27-3)22(25)24(18-10-11-18)14-16-8-5-6-9-19(16)23/h4-6,8-9,12-13,18H,1,7,10-11,14H2,2-3H3. The Labute approximate surface area is 159 Å². The third-order valence-electron chi connectivity index (χ3n) is 4.71. The van der Waals surface area contributed by atoms with Crippen molar-refractivity contribution in [2.45, 2.75) is 31.8 Å². The number of allylic oxidation sites excluding steroid dienone is 1. The molecule has 1 aliphatic rings. The third-order valence-corrected chi connectivity index (χ3v) is 4.71. The molecule has 1 saturated carbocycles. The second kappa shape index (κ2) is 8.25. The van der Waals surface area contributed by atoms with Gasteiger partial charge in [0.25, 0.3) is 5.91 Å². The Morgan fingerprint density at radius 1 is 1.22 bits per heavy atom. The van der Waals surface area contributed by atoms with Crippen LogP contribution in [0.1, 0.15) is 34.3 Å². The molecule has 0 unspecified atom stereocenters.